The molecule has 0 aromatic carbocycles. The van der Waals surface area contributed by atoms with Gasteiger partial charge in [0.05, 0.1) is 0 Å². The van der Waals surface area contributed by atoms with E-state index in [1.54, 1.807) is 12.4 Å². The summed E-state index contributed by atoms with van der Waals surface area (Å²) >= 11 is 6.17. The Morgan fingerprint density at radius 3 is 2.85 bits per heavy atom. The molecule has 1 saturated heterocycles. The molecule has 1 atom stereocenters. The van der Waals surface area contributed by atoms with Gasteiger partial charge in [0.1, 0.15) is 0 Å². The maximum absolute atomic E-state index is 12.9. The Kier molecular flexibility index (Phi) is 6.06. The van der Waals surface area contributed by atoms with Crippen LogP contribution in [0.5, 0.6) is 0 Å². The molecular formula is C20H24ClN5O. The van der Waals surface area contributed by atoms with Gasteiger partial charge in [0, 0.05) is 54.4 Å². The molecule has 0 saturated carbocycles. The fourth-order valence-corrected chi connectivity index (χ4v) is 3.63. The van der Waals surface area contributed by atoms with E-state index < -0.39 is 0 Å². The largest absolute Gasteiger partial charge is 0.351 e. The molecule has 3 heterocycles. The molecule has 1 amide bonds. The smallest absolute Gasteiger partial charge is 0.253 e. The third kappa shape index (κ3) is 3.95. The van der Waals surface area contributed by atoms with Crippen LogP contribution in [0.1, 0.15) is 27.2 Å². The van der Waals surface area contributed by atoms with Crippen LogP contribution in [0.3, 0.4) is 0 Å². The van der Waals surface area contributed by atoms with Crippen molar-refractivity contribution in [3.8, 4) is 0 Å². The van der Waals surface area contributed by atoms with Crippen LogP contribution in [-0.4, -0.2) is 51.7 Å². The quantitative estimate of drug-likeness (QED) is 0.594. The second-order valence-electron chi connectivity index (χ2n) is 6.60. The molecule has 142 valence electrons. The maximum Gasteiger partial charge on any atom is 0.253 e. The minimum Gasteiger partial charge on any atom is -0.351 e. The molecule has 1 unspecified atom stereocenters. The molecule has 1 aliphatic rings. The van der Waals surface area contributed by atoms with E-state index in [0.717, 1.165) is 28.6 Å². The Labute approximate surface area is 164 Å². The summed E-state index contributed by atoms with van der Waals surface area (Å²) in [5, 5.41) is 10.5. The fraction of sp³-hybridized carbons (Fsp3) is 0.400. The topological polar surface area (TPSA) is 62.2 Å². The minimum atomic E-state index is 0.0564. The zero-order valence-electron chi connectivity index (χ0n) is 15.9. The lowest BCUT2D eigenvalue weighted by Gasteiger charge is -2.40. The summed E-state index contributed by atoms with van der Waals surface area (Å²) < 4.78 is 0. The number of anilines is 1. The van der Waals surface area contributed by atoms with E-state index in [0.29, 0.717) is 24.8 Å². The first kappa shape index (κ1) is 19.3. The highest BCUT2D eigenvalue weighted by Crippen LogP contribution is 2.29. The summed E-state index contributed by atoms with van der Waals surface area (Å²) in [5.41, 5.74) is 0.751. The van der Waals surface area contributed by atoms with Crippen LogP contribution in [0, 0.1) is 0 Å². The van der Waals surface area contributed by atoms with Crippen LogP contribution in [0.4, 0.5) is 5.82 Å². The van der Waals surface area contributed by atoms with Crippen molar-refractivity contribution in [2.24, 2.45) is 0 Å². The zero-order valence-corrected chi connectivity index (χ0v) is 16.6. The molecule has 1 fully saturated rings. The Balaban J connectivity index is 1.83. The highest BCUT2D eigenvalue weighted by molar-refractivity contribution is 6.34. The average molecular weight is 386 g/mol. The molecule has 6 nitrogen and oxygen atoms in total. The highest BCUT2D eigenvalue weighted by atomic mass is 35.5. The number of hydrogen-bond acceptors (Lipinski definition) is 5. The van der Waals surface area contributed by atoms with Crippen LogP contribution in [-0.2, 0) is 4.79 Å². The number of amides is 1. The first-order valence-corrected chi connectivity index (χ1v) is 9.59. The number of aromatic nitrogens is 3. The van der Waals surface area contributed by atoms with Crippen molar-refractivity contribution < 1.29 is 4.79 Å². The molecule has 0 radical (unpaired) electrons. The zero-order chi connectivity index (χ0) is 19.4. The predicted octanol–water partition coefficient (Wildman–Crippen LogP) is 3.63. The minimum absolute atomic E-state index is 0.0564. The van der Waals surface area contributed by atoms with Gasteiger partial charge in [-0.05, 0) is 26.3 Å². The van der Waals surface area contributed by atoms with Crippen molar-refractivity contribution in [1.29, 1.82) is 0 Å². The summed E-state index contributed by atoms with van der Waals surface area (Å²) in [7, 11) is 0. The predicted molar refractivity (Wildman–Crippen MR) is 109 cm³/mol. The van der Waals surface area contributed by atoms with Crippen molar-refractivity contribution in [3.63, 3.8) is 0 Å². The first-order chi connectivity index (χ1) is 13.1. The van der Waals surface area contributed by atoms with Gasteiger partial charge in [-0.1, -0.05) is 36.8 Å². The van der Waals surface area contributed by atoms with Gasteiger partial charge in [-0.15, -0.1) is 10.2 Å². The number of rotatable bonds is 4. The van der Waals surface area contributed by atoms with Gasteiger partial charge in [0.2, 0.25) is 0 Å². The normalized spacial score (nSPS) is 18.5. The number of nitrogens with zero attached hydrogens (tertiary/aromatic N) is 5. The molecule has 2 aromatic heterocycles. The summed E-state index contributed by atoms with van der Waals surface area (Å²) in [6.45, 7) is 8.03. The van der Waals surface area contributed by atoms with E-state index in [9.17, 15) is 4.79 Å². The molecule has 0 aliphatic carbocycles. The van der Waals surface area contributed by atoms with Gasteiger partial charge < -0.3 is 9.80 Å². The summed E-state index contributed by atoms with van der Waals surface area (Å²) in [6, 6.07) is 1.90. The number of allylic oxidation sites excluding steroid dienone is 2. The SMILES string of the molecule is C/C=C\C(=C/CC)C(=O)N1CCN(c2nnc(Cl)c3ccncc23)CC1C. The van der Waals surface area contributed by atoms with Crippen LogP contribution in [0.2, 0.25) is 5.15 Å². The summed E-state index contributed by atoms with van der Waals surface area (Å²) in [6.07, 6.45) is 10.1. The van der Waals surface area contributed by atoms with E-state index in [4.69, 9.17) is 11.6 Å². The van der Waals surface area contributed by atoms with Crippen molar-refractivity contribution in [1.82, 2.24) is 20.1 Å². The Morgan fingerprint density at radius 2 is 2.15 bits per heavy atom. The molecule has 2 aromatic rings. The molecular weight excluding hydrogens is 362 g/mol. The number of carbonyl (C=O) groups is 1. The van der Waals surface area contributed by atoms with Gasteiger partial charge >= 0.3 is 0 Å². The van der Waals surface area contributed by atoms with Gasteiger partial charge in [-0.25, -0.2) is 0 Å². The van der Waals surface area contributed by atoms with Crippen LogP contribution in [0.15, 0.2) is 42.3 Å². The number of pyridine rings is 1. The van der Waals surface area contributed by atoms with E-state index in [1.807, 2.05) is 43.0 Å². The molecule has 0 N–H and O–H groups in total. The van der Waals surface area contributed by atoms with E-state index >= 15 is 0 Å². The lowest BCUT2D eigenvalue weighted by Crippen LogP contribution is -2.54. The number of piperazine rings is 1. The average Bonchev–Trinajstić information content (AvgIpc) is 2.68. The van der Waals surface area contributed by atoms with Crippen molar-refractivity contribution in [2.75, 3.05) is 24.5 Å². The molecule has 27 heavy (non-hydrogen) atoms. The second-order valence-corrected chi connectivity index (χ2v) is 6.95. The van der Waals surface area contributed by atoms with Crippen LogP contribution < -0.4 is 4.90 Å². The van der Waals surface area contributed by atoms with E-state index in [1.165, 1.54) is 0 Å². The van der Waals surface area contributed by atoms with Gasteiger partial charge in [0.25, 0.3) is 5.91 Å². The Bertz CT molecular complexity index is 895. The van der Waals surface area contributed by atoms with E-state index in [2.05, 4.69) is 27.0 Å². The van der Waals surface area contributed by atoms with Crippen molar-refractivity contribution >= 4 is 34.1 Å². The number of fused-ring (bicyclic) bond motifs is 1. The molecule has 1 aliphatic heterocycles. The molecule has 3 rings (SSSR count). The van der Waals surface area contributed by atoms with Crippen molar-refractivity contribution in [3.05, 3.63) is 47.4 Å². The van der Waals surface area contributed by atoms with Crippen molar-refractivity contribution in [2.45, 2.75) is 33.2 Å². The molecule has 7 heteroatoms. The van der Waals surface area contributed by atoms with Gasteiger partial charge in [-0.2, -0.15) is 0 Å². The second kappa shape index (κ2) is 8.48. The fourth-order valence-electron chi connectivity index (χ4n) is 3.43. The van der Waals surface area contributed by atoms with Crippen LogP contribution >= 0.6 is 11.6 Å². The Morgan fingerprint density at radius 1 is 1.33 bits per heavy atom. The monoisotopic (exact) mass is 385 g/mol. The summed E-state index contributed by atoms with van der Waals surface area (Å²) in [5.74, 6) is 0.843. The number of hydrogen-bond donors (Lipinski definition) is 0. The Hall–Kier alpha value is -2.47. The third-order valence-electron chi connectivity index (χ3n) is 4.72. The maximum atomic E-state index is 12.9. The molecule has 0 spiro atoms. The number of carbonyl (C=O) groups excluding carboxylic acids is 1. The highest BCUT2D eigenvalue weighted by Gasteiger charge is 2.30. The third-order valence-corrected chi connectivity index (χ3v) is 5.00. The van der Waals surface area contributed by atoms with Crippen LogP contribution in [0.25, 0.3) is 10.8 Å². The lowest BCUT2D eigenvalue weighted by molar-refractivity contribution is -0.129. The summed E-state index contributed by atoms with van der Waals surface area (Å²) in [4.78, 5) is 21.2. The lowest BCUT2D eigenvalue weighted by atomic mass is 10.1. The first-order valence-electron chi connectivity index (χ1n) is 9.21. The standard InChI is InChI=1S/C20H24ClN5O/c1-4-6-15(7-5-2)20(27)26-11-10-25(13-14(26)3)19-17-12-22-9-8-16(17)18(21)23-24-19/h4,6-9,12,14H,5,10-11,13H2,1-3H3/b6-4-,15-7+. The van der Waals surface area contributed by atoms with Gasteiger partial charge in [-0.3, -0.25) is 9.78 Å². The van der Waals surface area contributed by atoms with E-state index in [-0.39, 0.29) is 11.9 Å². The number of halogens is 1. The molecule has 0 bridgehead atoms. The van der Waals surface area contributed by atoms with Gasteiger partial charge in [0.15, 0.2) is 11.0 Å².